The third-order valence-electron chi connectivity index (χ3n) is 3.31. The lowest BCUT2D eigenvalue weighted by atomic mass is 10.1. The van der Waals surface area contributed by atoms with Gasteiger partial charge in [0.25, 0.3) is 5.69 Å². The maximum absolute atomic E-state index is 13.0. The fourth-order valence-corrected chi connectivity index (χ4v) is 2.15. The molecule has 7 nitrogen and oxygen atoms in total. The van der Waals surface area contributed by atoms with E-state index in [2.05, 4.69) is 10.5 Å². The normalized spacial score (nSPS) is 13.2. The molecule has 25 heavy (non-hydrogen) atoms. The van der Waals surface area contributed by atoms with Crippen molar-refractivity contribution in [3.05, 3.63) is 57.6 Å². The summed E-state index contributed by atoms with van der Waals surface area (Å²) in [5, 5.41) is 14.4. The summed E-state index contributed by atoms with van der Waals surface area (Å²) >= 11 is 0. The summed E-state index contributed by atoms with van der Waals surface area (Å²) < 4.78 is 49.5. The molecule has 130 valence electrons. The molecule has 0 unspecified atom stereocenters. The molecule has 0 radical (unpaired) electrons. The third-order valence-corrected chi connectivity index (χ3v) is 3.31. The van der Waals surface area contributed by atoms with Gasteiger partial charge in [0.2, 0.25) is 6.79 Å². The summed E-state index contributed by atoms with van der Waals surface area (Å²) in [6, 6.07) is 7.30. The molecule has 10 heteroatoms. The van der Waals surface area contributed by atoms with Crippen LogP contribution in [0.1, 0.15) is 11.1 Å². The molecule has 0 atom stereocenters. The highest BCUT2D eigenvalue weighted by Gasteiger charge is 2.35. The summed E-state index contributed by atoms with van der Waals surface area (Å²) in [4.78, 5) is 9.76. The number of nitro benzene ring substituents is 1. The van der Waals surface area contributed by atoms with Crippen LogP contribution >= 0.6 is 0 Å². The van der Waals surface area contributed by atoms with Crippen LogP contribution in [0.2, 0.25) is 0 Å². The number of hydrazone groups is 1. The lowest BCUT2D eigenvalue weighted by molar-refractivity contribution is -0.385. The summed E-state index contributed by atoms with van der Waals surface area (Å²) in [7, 11) is 0. The summed E-state index contributed by atoms with van der Waals surface area (Å²) in [6.45, 7) is 0.103. The topological polar surface area (TPSA) is 86.0 Å². The molecular formula is C15H10F3N3O4. The molecule has 0 saturated carbocycles. The van der Waals surface area contributed by atoms with Gasteiger partial charge in [-0.3, -0.25) is 15.5 Å². The van der Waals surface area contributed by atoms with Gasteiger partial charge in [0.1, 0.15) is 0 Å². The minimum absolute atomic E-state index is 0.103. The quantitative estimate of drug-likeness (QED) is 0.513. The molecule has 2 aromatic carbocycles. The number of benzene rings is 2. The van der Waals surface area contributed by atoms with Gasteiger partial charge in [0.05, 0.1) is 22.4 Å². The molecule has 1 heterocycles. The molecule has 2 aromatic rings. The van der Waals surface area contributed by atoms with E-state index in [1.54, 1.807) is 18.2 Å². The summed E-state index contributed by atoms with van der Waals surface area (Å²) in [5.41, 5.74) is 0.608. The number of nitro groups is 1. The van der Waals surface area contributed by atoms with Crippen LogP contribution in [-0.2, 0) is 6.18 Å². The van der Waals surface area contributed by atoms with Crippen molar-refractivity contribution >= 4 is 17.6 Å². The first-order valence-electron chi connectivity index (χ1n) is 6.89. The van der Waals surface area contributed by atoms with Crippen LogP contribution in [0.15, 0.2) is 41.5 Å². The largest absolute Gasteiger partial charge is 0.454 e. The number of non-ortho nitro benzene ring substituents is 1. The first-order chi connectivity index (χ1) is 11.8. The van der Waals surface area contributed by atoms with E-state index in [0.717, 1.165) is 12.1 Å². The molecule has 0 aromatic heterocycles. The number of halogens is 3. The second kappa shape index (κ2) is 6.30. The van der Waals surface area contributed by atoms with Crippen molar-refractivity contribution in [1.29, 1.82) is 0 Å². The number of ether oxygens (including phenoxy) is 2. The van der Waals surface area contributed by atoms with Gasteiger partial charge in [0.15, 0.2) is 11.5 Å². The minimum atomic E-state index is -4.76. The average Bonchev–Trinajstić information content (AvgIpc) is 3.01. The van der Waals surface area contributed by atoms with E-state index in [0.29, 0.717) is 23.1 Å². The van der Waals surface area contributed by atoms with Gasteiger partial charge < -0.3 is 9.47 Å². The van der Waals surface area contributed by atoms with E-state index in [-0.39, 0.29) is 6.79 Å². The molecule has 0 bridgehead atoms. The number of nitrogens with zero attached hydrogens (tertiary/aromatic N) is 2. The van der Waals surface area contributed by atoms with Crippen LogP contribution < -0.4 is 14.9 Å². The summed E-state index contributed by atoms with van der Waals surface area (Å²) in [6.07, 6.45) is -3.47. The van der Waals surface area contributed by atoms with Crippen molar-refractivity contribution in [2.45, 2.75) is 6.18 Å². The van der Waals surface area contributed by atoms with Crippen LogP contribution in [0.3, 0.4) is 0 Å². The second-order valence-electron chi connectivity index (χ2n) is 4.97. The monoisotopic (exact) mass is 353 g/mol. The molecule has 0 fully saturated rings. The molecule has 1 aliphatic heterocycles. The third kappa shape index (κ3) is 3.62. The van der Waals surface area contributed by atoms with Crippen molar-refractivity contribution < 1.29 is 27.6 Å². The van der Waals surface area contributed by atoms with E-state index in [9.17, 15) is 23.3 Å². The Balaban J connectivity index is 1.81. The first-order valence-corrected chi connectivity index (χ1v) is 6.89. The molecular weight excluding hydrogens is 343 g/mol. The number of rotatable bonds is 4. The van der Waals surface area contributed by atoms with Crippen LogP contribution in [0.5, 0.6) is 11.5 Å². The van der Waals surface area contributed by atoms with Gasteiger partial charge in [-0.15, -0.1) is 0 Å². The van der Waals surface area contributed by atoms with E-state index in [1.165, 1.54) is 6.21 Å². The fraction of sp³-hybridized carbons (Fsp3) is 0.133. The lowest BCUT2D eigenvalue weighted by Gasteiger charge is -2.11. The Kier molecular flexibility index (Phi) is 4.17. The number of alkyl halides is 3. The van der Waals surface area contributed by atoms with Gasteiger partial charge in [-0.1, -0.05) is 0 Å². The maximum atomic E-state index is 13.0. The van der Waals surface area contributed by atoms with Crippen LogP contribution in [0.25, 0.3) is 0 Å². The first kappa shape index (κ1) is 16.6. The van der Waals surface area contributed by atoms with Crippen molar-refractivity contribution in [3.8, 4) is 11.5 Å². The molecule has 3 rings (SSSR count). The molecule has 0 aliphatic carbocycles. The van der Waals surface area contributed by atoms with Crippen LogP contribution in [0, 0.1) is 10.1 Å². The van der Waals surface area contributed by atoms with Crippen molar-refractivity contribution in [2.24, 2.45) is 5.10 Å². The number of hydrogen-bond acceptors (Lipinski definition) is 6. The zero-order valence-corrected chi connectivity index (χ0v) is 12.4. The van der Waals surface area contributed by atoms with Crippen LogP contribution in [-0.4, -0.2) is 17.9 Å². The predicted octanol–water partition coefficient (Wildman–Crippen LogP) is 3.79. The highest BCUT2D eigenvalue weighted by atomic mass is 19.4. The van der Waals surface area contributed by atoms with E-state index >= 15 is 0 Å². The zero-order valence-electron chi connectivity index (χ0n) is 12.4. The lowest BCUT2D eigenvalue weighted by Crippen LogP contribution is -2.09. The van der Waals surface area contributed by atoms with Crippen molar-refractivity contribution in [3.63, 3.8) is 0 Å². The Morgan fingerprint density at radius 3 is 2.64 bits per heavy atom. The Hall–Kier alpha value is -3.30. The number of nitrogens with one attached hydrogen (secondary N) is 1. The maximum Gasteiger partial charge on any atom is 0.418 e. The minimum Gasteiger partial charge on any atom is -0.454 e. The standard InChI is InChI=1S/C15H10F3N3O4/c16-15(17,18)11-6-10(21(22)23)2-3-12(11)20-19-7-9-1-4-13-14(5-9)25-8-24-13/h1-7,20H,8H2/b19-7+. The molecule has 0 amide bonds. The van der Waals surface area contributed by atoms with Gasteiger partial charge in [0, 0.05) is 12.1 Å². The van der Waals surface area contributed by atoms with Gasteiger partial charge in [-0.25, -0.2) is 0 Å². The Labute approximate surface area is 138 Å². The average molecular weight is 353 g/mol. The molecule has 0 saturated heterocycles. The highest BCUT2D eigenvalue weighted by molar-refractivity contribution is 5.81. The van der Waals surface area contributed by atoms with Crippen LogP contribution in [0.4, 0.5) is 24.5 Å². The van der Waals surface area contributed by atoms with Gasteiger partial charge >= 0.3 is 6.18 Å². The zero-order chi connectivity index (χ0) is 18.0. The molecule has 0 spiro atoms. The second-order valence-corrected chi connectivity index (χ2v) is 4.97. The Morgan fingerprint density at radius 1 is 1.16 bits per heavy atom. The number of anilines is 1. The van der Waals surface area contributed by atoms with Gasteiger partial charge in [-0.05, 0) is 29.8 Å². The Bertz CT molecular complexity index is 852. The van der Waals surface area contributed by atoms with Crippen molar-refractivity contribution in [2.75, 3.05) is 12.2 Å². The molecule has 1 N–H and O–H groups in total. The van der Waals surface area contributed by atoms with Gasteiger partial charge in [-0.2, -0.15) is 18.3 Å². The Morgan fingerprint density at radius 2 is 1.92 bits per heavy atom. The SMILES string of the molecule is O=[N+]([O-])c1ccc(N/N=C/c2ccc3c(c2)OCO3)c(C(F)(F)F)c1. The highest BCUT2D eigenvalue weighted by Crippen LogP contribution is 2.37. The molecule has 1 aliphatic rings. The smallest absolute Gasteiger partial charge is 0.418 e. The van der Waals surface area contributed by atoms with E-state index in [1.807, 2.05) is 0 Å². The van der Waals surface area contributed by atoms with Crippen molar-refractivity contribution in [1.82, 2.24) is 0 Å². The van der Waals surface area contributed by atoms with E-state index in [4.69, 9.17) is 9.47 Å². The number of hydrogen-bond donors (Lipinski definition) is 1. The fourth-order valence-electron chi connectivity index (χ4n) is 2.15. The van der Waals surface area contributed by atoms with E-state index < -0.39 is 28.0 Å². The predicted molar refractivity (Wildman–Crippen MR) is 81.9 cm³/mol. The number of fused-ring (bicyclic) bond motifs is 1. The summed E-state index contributed by atoms with van der Waals surface area (Å²) in [5.74, 6) is 1.08.